The molecule has 0 atom stereocenters. The standard InChI is InChI=1S/C14H17FN2/c1-4-5-11-8-12(16-3)14-9(2)6-10(15)7-13(14)17-11/h6-8H,4-5H2,1-3H3,(H,16,17). The molecule has 0 bridgehead atoms. The predicted molar refractivity (Wildman–Crippen MR) is 70.0 cm³/mol. The second-order valence-electron chi connectivity index (χ2n) is 4.28. The van der Waals surface area contributed by atoms with Gasteiger partial charge in [0.2, 0.25) is 0 Å². The molecular formula is C14H17FN2. The van der Waals surface area contributed by atoms with Crippen LogP contribution in [0.15, 0.2) is 18.2 Å². The van der Waals surface area contributed by atoms with Crippen LogP contribution in [0.2, 0.25) is 0 Å². The summed E-state index contributed by atoms with van der Waals surface area (Å²) in [5.41, 5.74) is 3.68. The lowest BCUT2D eigenvalue weighted by atomic mass is 10.1. The molecule has 1 aromatic carbocycles. The highest BCUT2D eigenvalue weighted by molar-refractivity contribution is 5.94. The minimum atomic E-state index is -0.224. The van der Waals surface area contributed by atoms with E-state index >= 15 is 0 Å². The zero-order chi connectivity index (χ0) is 12.4. The molecule has 0 unspecified atom stereocenters. The molecule has 90 valence electrons. The van der Waals surface area contributed by atoms with Crippen LogP contribution in [-0.2, 0) is 6.42 Å². The molecule has 0 spiro atoms. The van der Waals surface area contributed by atoms with Crippen molar-refractivity contribution in [2.24, 2.45) is 0 Å². The summed E-state index contributed by atoms with van der Waals surface area (Å²) in [6.07, 6.45) is 1.95. The number of anilines is 1. The van der Waals surface area contributed by atoms with Gasteiger partial charge in [-0.1, -0.05) is 13.3 Å². The quantitative estimate of drug-likeness (QED) is 0.873. The fourth-order valence-corrected chi connectivity index (χ4v) is 2.17. The van der Waals surface area contributed by atoms with Gasteiger partial charge in [-0.2, -0.15) is 0 Å². The van der Waals surface area contributed by atoms with Crippen LogP contribution < -0.4 is 5.32 Å². The average molecular weight is 232 g/mol. The third-order valence-corrected chi connectivity index (χ3v) is 2.90. The molecule has 1 heterocycles. The van der Waals surface area contributed by atoms with Crippen molar-refractivity contribution in [2.75, 3.05) is 12.4 Å². The lowest BCUT2D eigenvalue weighted by molar-refractivity contribution is 0.628. The van der Waals surface area contributed by atoms with E-state index in [1.54, 1.807) is 6.07 Å². The van der Waals surface area contributed by atoms with E-state index in [-0.39, 0.29) is 5.82 Å². The highest BCUT2D eigenvalue weighted by atomic mass is 19.1. The minimum absolute atomic E-state index is 0.224. The molecule has 2 nitrogen and oxygen atoms in total. The second-order valence-corrected chi connectivity index (χ2v) is 4.28. The largest absolute Gasteiger partial charge is 0.388 e. The van der Waals surface area contributed by atoms with E-state index < -0.39 is 0 Å². The van der Waals surface area contributed by atoms with Gasteiger partial charge in [0.15, 0.2) is 0 Å². The van der Waals surface area contributed by atoms with Gasteiger partial charge in [-0.3, -0.25) is 4.98 Å². The number of nitrogens with zero attached hydrogens (tertiary/aromatic N) is 1. The molecule has 2 rings (SSSR count). The van der Waals surface area contributed by atoms with Gasteiger partial charge in [-0.25, -0.2) is 4.39 Å². The van der Waals surface area contributed by atoms with Gasteiger partial charge in [-0.15, -0.1) is 0 Å². The van der Waals surface area contributed by atoms with Crippen LogP contribution in [0.5, 0.6) is 0 Å². The first-order valence-electron chi connectivity index (χ1n) is 5.93. The van der Waals surface area contributed by atoms with Crippen molar-refractivity contribution in [1.82, 2.24) is 4.98 Å². The Hall–Kier alpha value is -1.64. The maximum absolute atomic E-state index is 13.4. The molecule has 0 fully saturated rings. The van der Waals surface area contributed by atoms with Crippen molar-refractivity contribution in [3.63, 3.8) is 0 Å². The summed E-state index contributed by atoms with van der Waals surface area (Å²) in [7, 11) is 1.88. The summed E-state index contributed by atoms with van der Waals surface area (Å²) >= 11 is 0. The van der Waals surface area contributed by atoms with Crippen LogP contribution >= 0.6 is 0 Å². The van der Waals surface area contributed by atoms with Crippen LogP contribution in [0.4, 0.5) is 10.1 Å². The van der Waals surface area contributed by atoms with Crippen molar-refractivity contribution >= 4 is 16.6 Å². The fraction of sp³-hybridized carbons (Fsp3) is 0.357. The normalized spacial score (nSPS) is 10.8. The lowest BCUT2D eigenvalue weighted by Crippen LogP contribution is -1.98. The van der Waals surface area contributed by atoms with E-state index in [4.69, 9.17) is 0 Å². The molecule has 0 saturated carbocycles. The van der Waals surface area contributed by atoms with E-state index in [2.05, 4.69) is 23.3 Å². The number of aromatic nitrogens is 1. The van der Waals surface area contributed by atoms with Crippen molar-refractivity contribution in [1.29, 1.82) is 0 Å². The molecule has 1 N–H and O–H groups in total. The monoisotopic (exact) mass is 232 g/mol. The predicted octanol–water partition coefficient (Wildman–Crippen LogP) is 3.68. The Morgan fingerprint density at radius 1 is 1.29 bits per heavy atom. The number of pyridine rings is 1. The summed E-state index contributed by atoms with van der Waals surface area (Å²) in [6, 6.07) is 5.10. The van der Waals surface area contributed by atoms with E-state index in [9.17, 15) is 4.39 Å². The Balaban J connectivity index is 2.73. The highest BCUT2D eigenvalue weighted by Crippen LogP contribution is 2.27. The Morgan fingerprint density at radius 2 is 2.06 bits per heavy atom. The van der Waals surface area contributed by atoms with Crippen LogP contribution in [0.3, 0.4) is 0 Å². The van der Waals surface area contributed by atoms with Crippen molar-refractivity contribution < 1.29 is 4.39 Å². The van der Waals surface area contributed by atoms with Gasteiger partial charge in [-0.05, 0) is 31.0 Å². The number of benzene rings is 1. The van der Waals surface area contributed by atoms with Gasteiger partial charge in [0.25, 0.3) is 0 Å². The van der Waals surface area contributed by atoms with Crippen molar-refractivity contribution in [2.45, 2.75) is 26.7 Å². The van der Waals surface area contributed by atoms with E-state index in [1.165, 1.54) is 6.07 Å². The number of hydrogen-bond acceptors (Lipinski definition) is 2. The fourth-order valence-electron chi connectivity index (χ4n) is 2.17. The van der Waals surface area contributed by atoms with Crippen LogP contribution in [0, 0.1) is 12.7 Å². The van der Waals surface area contributed by atoms with Gasteiger partial charge in [0.1, 0.15) is 5.82 Å². The van der Waals surface area contributed by atoms with Crippen molar-refractivity contribution in [3.8, 4) is 0 Å². The molecule has 0 aliphatic heterocycles. The van der Waals surface area contributed by atoms with Gasteiger partial charge >= 0.3 is 0 Å². The van der Waals surface area contributed by atoms with E-state index in [0.717, 1.165) is 40.7 Å². The number of fused-ring (bicyclic) bond motifs is 1. The van der Waals surface area contributed by atoms with E-state index in [0.29, 0.717) is 0 Å². The molecule has 0 saturated heterocycles. The summed E-state index contributed by atoms with van der Waals surface area (Å²) < 4.78 is 13.4. The first kappa shape index (κ1) is 11.8. The Bertz CT molecular complexity index is 549. The number of halogens is 1. The highest BCUT2D eigenvalue weighted by Gasteiger charge is 2.08. The molecule has 2 aromatic rings. The topological polar surface area (TPSA) is 24.9 Å². The number of hydrogen-bond donors (Lipinski definition) is 1. The lowest BCUT2D eigenvalue weighted by Gasteiger charge is -2.11. The Kier molecular flexibility index (Phi) is 3.27. The number of nitrogens with one attached hydrogen (secondary N) is 1. The molecule has 17 heavy (non-hydrogen) atoms. The zero-order valence-electron chi connectivity index (χ0n) is 10.5. The SMILES string of the molecule is CCCc1cc(NC)c2c(C)cc(F)cc2n1. The van der Waals surface area contributed by atoms with E-state index in [1.807, 2.05) is 14.0 Å². The maximum atomic E-state index is 13.4. The summed E-state index contributed by atoms with van der Waals surface area (Å²) in [6.45, 7) is 4.02. The number of rotatable bonds is 3. The molecular weight excluding hydrogens is 215 g/mol. The van der Waals surface area contributed by atoms with Gasteiger partial charge in [0.05, 0.1) is 5.52 Å². The second kappa shape index (κ2) is 4.70. The molecule has 0 radical (unpaired) electrons. The van der Waals surface area contributed by atoms with Crippen LogP contribution in [0.25, 0.3) is 10.9 Å². The summed E-state index contributed by atoms with van der Waals surface area (Å²) in [5.74, 6) is -0.224. The molecule has 0 aliphatic carbocycles. The first-order chi connectivity index (χ1) is 8.15. The van der Waals surface area contributed by atoms with Gasteiger partial charge in [0, 0.05) is 29.9 Å². The molecule has 0 aliphatic rings. The van der Waals surface area contributed by atoms with Crippen LogP contribution in [0.1, 0.15) is 24.6 Å². The Labute approximate surface area is 101 Å². The summed E-state index contributed by atoms with van der Waals surface area (Å²) in [5, 5.41) is 4.17. The van der Waals surface area contributed by atoms with Crippen LogP contribution in [-0.4, -0.2) is 12.0 Å². The minimum Gasteiger partial charge on any atom is -0.388 e. The molecule has 3 heteroatoms. The zero-order valence-corrected chi connectivity index (χ0v) is 10.5. The smallest absolute Gasteiger partial charge is 0.125 e. The summed E-state index contributed by atoms with van der Waals surface area (Å²) in [4.78, 5) is 4.52. The van der Waals surface area contributed by atoms with Crippen molar-refractivity contribution in [3.05, 3.63) is 35.3 Å². The third kappa shape index (κ3) is 2.23. The van der Waals surface area contributed by atoms with Gasteiger partial charge < -0.3 is 5.32 Å². The Morgan fingerprint density at radius 3 is 2.71 bits per heavy atom. The third-order valence-electron chi connectivity index (χ3n) is 2.90. The molecule has 0 amide bonds. The number of aryl methyl sites for hydroxylation is 2. The first-order valence-corrected chi connectivity index (χ1v) is 5.93. The average Bonchev–Trinajstić information content (AvgIpc) is 2.27. The maximum Gasteiger partial charge on any atom is 0.125 e. The molecule has 1 aromatic heterocycles.